The molecule has 0 fully saturated rings. The molecule has 54 valence electrons. The first kappa shape index (κ1) is 7.11. The molecule has 1 aromatic rings. The summed E-state index contributed by atoms with van der Waals surface area (Å²) in [5, 5.41) is 0.535. The van der Waals surface area contributed by atoms with E-state index in [1.54, 1.807) is 18.6 Å². The second-order valence-electron chi connectivity index (χ2n) is 1.92. The van der Waals surface area contributed by atoms with Crippen LogP contribution < -0.4 is 5.01 Å². The molecule has 0 aromatic carbocycles. The molecule has 4 heteroatoms. The summed E-state index contributed by atoms with van der Waals surface area (Å²) >= 11 is 0. The predicted molar refractivity (Wildman–Crippen MR) is 37.5 cm³/mol. The van der Waals surface area contributed by atoms with Gasteiger partial charge >= 0.3 is 0 Å². The van der Waals surface area contributed by atoms with E-state index in [1.807, 2.05) is 6.92 Å². The molecule has 0 aliphatic heterocycles. The fourth-order valence-corrected chi connectivity index (χ4v) is 0.636. The molecule has 2 N–H and O–H groups in total. The zero-order valence-corrected chi connectivity index (χ0v) is 5.83. The molecule has 0 saturated heterocycles. The highest BCUT2D eigenvalue weighted by Gasteiger charge is 1.97. The van der Waals surface area contributed by atoms with Crippen LogP contribution in [0.25, 0.3) is 5.84 Å². The fourth-order valence-electron chi connectivity index (χ4n) is 0.636. The summed E-state index contributed by atoms with van der Waals surface area (Å²) in [6.45, 7) is 2.63. The number of nitrogens with one attached hydrogen (secondary N) is 2. The summed E-state index contributed by atoms with van der Waals surface area (Å²) in [5.74, 6) is 8.05. The Morgan fingerprint density at radius 1 is 1.60 bits per heavy atom. The maximum atomic E-state index is 7.38. The van der Waals surface area contributed by atoms with Crippen molar-refractivity contribution in [3.63, 3.8) is 0 Å². The molecule has 1 unspecified atom stereocenters. The van der Waals surface area contributed by atoms with Crippen molar-refractivity contribution in [3.05, 3.63) is 24.4 Å². The third-order valence-electron chi connectivity index (χ3n) is 1.23. The Balaban J connectivity index is 2.75. The minimum Gasteiger partial charge on any atom is -0.463 e. The largest absolute Gasteiger partial charge is 0.463 e. The van der Waals surface area contributed by atoms with Gasteiger partial charge in [0, 0.05) is 6.20 Å². The molecule has 0 amide bonds. The van der Waals surface area contributed by atoms with Crippen LogP contribution in [0.15, 0.2) is 18.6 Å². The summed E-state index contributed by atoms with van der Waals surface area (Å²) in [4.78, 5) is 7.81. The average molecular weight is 138 g/mol. The van der Waals surface area contributed by atoms with Gasteiger partial charge in [0.1, 0.15) is 6.20 Å². The van der Waals surface area contributed by atoms with Gasteiger partial charge in [0.25, 0.3) is 0 Å². The van der Waals surface area contributed by atoms with E-state index in [4.69, 9.17) is 5.84 Å². The van der Waals surface area contributed by atoms with Crippen LogP contribution in [-0.2, 0) is 0 Å². The van der Waals surface area contributed by atoms with Crippen molar-refractivity contribution in [2.75, 3.05) is 6.54 Å². The van der Waals surface area contributed by atoms with Crippen LogP contribution in [0.1, 0.15) is 6.92 Å². The van der Waals surface area contributed by atoms with Crippen LogP contribution in [-0.4, -0.2) is 16.5 Å². The van der Waals surface area contributed by atoms with Crippen molar-refractivity contribution in [2.24, 2.45) is 0 Å². The number of nitrogens with zero attached hydrogens (tertiary/aromatic N) is 2. The quantitative estimate of drug-likeness (QED) is 0.584. The van der Waals surface area contributed by atoms with Crippen LogP contribution in [0, 0.1) is 0 Å². The number of quaternary nitrogens is 1. The summed E-state index contributed by atoms with van der Waals surface area (Å²) in [5.41, 5.74) is 0. The molecule has 0 aliphatic rings. The fraction of sp³-hybridized carbons (Fsp3) is 0.333. The van der Waals surface area contributed by atoms with E-state index in [0.29, 0.717) is 17.4 Å². The molecule has 0 aliphatic carbocycles. The summed E-state index contributed by atoms with van der Waals surface area (Å²) in [6, 6.07) is 0. The number of aromatic nitrogens is 2. The van der Waals surface area contributed by atoms with Gasteiger partial charge in [-0.3, -0.25) is 4.98 Å². The van der Waals surface area contributed by atoms with Gasteiger partial charge in [0.15, 0.2) is 0 Å². The number of hydrogen-bond acceptors (Lipinski definition) is 2. The lowest BCUT2D eigenvalue weighted by Crippen LogP contribution is -3.00. The third-order valence-corrected chi connectivity index (χ3v) is 1.23. The maximum absolute atomic E-state index is 7.38. The van der Waals surface area contributed by atoms with Crippen molar-refractivity contribution in [1.82, 2.24) is 9.97 Å². The summed E-state index contributed by atoms with van der Waals surface area (Å²) in [6.07, 6.45) is 4.80. The van der Waals surface area contributed by atoms with Crippen LogP contribution in [0.5, 0.6) is 0 Å². The van der Waals surface area contributed by atoms with Crippen LogP contribution in [0.4, 0.5) is 5.82 Å². The molecule has 10 heavy (non-hydrogen) atoms. The first-order valence-electron chi connectivity index (χ1n) is 3.18. The molecule has 4 nitrogen and oxygen atoms in total. The summed E-state index contributed by atoms with van der Waals surface area (Å²) in [7, 11) is 0. The van der Waals surface area contributed by atoms with E-state index in [-0.39, 0.29) is 0 Å². The van der Waals surface area contributed by atoms with Gasteiger partial charge in [-0.25, -0.2) is 4.98 Å². The molecular formula is C6H10N4. The van der Waals surface area contributed by atoms with Crippen molar-refractivity contribution in [3.8, 4) is 0 Å². The van der Waals surface area contributed by atoms with Gasteiger partial charge in [-0.15, -0.1) is 0 Å². The molecular weight excluding hydrogens is 128 g/mol. The Kier molecular flexibility index (Phi) is 2.30. The highest BCUT2D eigenvalue weighted by atomic mass is 15.4. The molecule has 1 atom stereocenters. The Morgan fingerprint density at radius 2 is 2.40 bits per heavy atom. The number of hydrogen-bond donors (Lipinski definition) is 1. The second kappa shape index (κ2) is 3.24. The van der Waals surface area contributed by atoms with Gasteiger partial charge < -0.3 is 10.9 Å². The van der Waals surface area contributed by atoms with Gasteiger partial charge in [0.05, 0.1) is 12.7 Å². The van der Waals surface area contributed by atoms with E-state index in [0.717, 1.165) is 0 Å². The van der Waals surface area contributed by atoms with Gasteiger partial charge in [-0.2, -0.15) is 0 Å². The normalized spacial score (nSPS) is 13.0. The SMILES string of the molecule is CC[NH+]([NH-])c1cnccn1. The molecule has 0 bridgehead atoms. The molecule has 0 saturated carbocycles. The lowest BCUT2D eigenvalue weighted by Gasteiger charge is -2.15. The van der Waals surface area contributed by atoms with Gasteiger partial charge in [-0.1, -0.05) is 0 Å². The minimum absolute atomic E-state index is 0.535. The van der Waals surface area contributed by atoms with Crippen LogP contribution in [0.2, 0.25) is 0 Å². The van der Waals surface area contributed by atoms with Crippen molar-refractivity contribution >= 4 is 5.82 Å². The van der Waals surface area contributed by atoms with Crippen LogP contribution >= 0.6 is 0 Å². The smallest absolute Gasteiger partial charge is 0.234 e. The van der Waals surface area contributed by atoms with E-state index < -0.39 is 0 Å². The zero-order valence-electron chi connectivity index (χ0n) is 5.83. The van der Waals surface area contributed by atoms with E-state index in [1.165, 1.54) is 0 Å². The van der Waals surface area contributed by atoms with E-state index in [9.17, 15) is 0 Å². The van der Waals surface area contributed by atoms with Gasteiger partial charge in [0.2, 0.25) is 5.82 Å². The van der Waals surface area contributed by atoms with Crippen molar-refractivity contribution in [1.29, 1.82) is 0 Å². The Hall–Kier alpha value is -1.00. The lowest BCUT2D eigenvalue weighted by molar-refractivity contribution is -0.777. The van der Waals surface area contributed by atoms with Crippen molar-refractivity contribution < 1.29 is 5.01 Å². The lowest BCUT2D eigenvalue weighted by atomic mass is 10.6. The highest BCUT2D eigenvalue weighted by Crippen LogP contribution is 1.87. The molecule has 0 radical (unpaired) electrons. The average Bonchev–Trinajstić information content (AvgIpc) is 2.05. The standard InChI is InChI=1S/C6H10N4/c1-2-10(7)6-5-8-3-4-9-6/h3-5,7,10H,2H2,1H3. The third kappa shape index (κ3) is 1.49. The zero-order chi connectivity index (χ0) is 7.40. The van der Waals surface area contributed by atoms with Crippen LogP contribution in [0.3, 0.4) is 0 Å². The Morgan fingerprint density at radius 3 is 2.90 bits per heavy atom. The highest BCUT2D eigenvalue weighted by molar-refractivity contribution is 5.09. The Labute approximate surface area is 59.7 Å². The topological polar surface area (TPSA) is 54.0 Å². The first-order chi connectivity index (χ1) is 4.84. The molecule has 1 rings (SSSR count). The maximum Gasteiger partial charge on any atom is 0.234 e. The van der Waals surface area contributed by atoms with E-state index in [2.05, 4.69) is 9.97 Å². The first-order valence-corrected chi connectivity index (χ1v) is 3.18. The van der Waals surface area contributed by atoms with Gasteiger partial charge in [-0.05, 0) is 6.92 Å². The molecule has 1 heterocycles. The monoisotopic (exact) mass is 138 g/mol. The second-order valence-corrected chi connectivity index (χ2v) is 1.92. The Bertz CT molecular complexity index is 186. The van der Waals surface area contributed by atoms with E-state index >= 15 is 0 Å². The molecule has 0 spiro atoms. The summed E-state index contributed by atoms with van der Waals surface area (Å²) < 4.78 is 0. The predicted octanol–water partition coefficient (Wildman–Crippen LogP) is -0.0199. The van der Waals surface area contributed by atoms with Crippen molar-refractivity contribution in [2.45, 2.75) is 6.92 Å². The molecule has 1 aromatic heterocycles. The minimum atomic E-state index is 0.535. The number of rotatable bonds is 2.